The molecule has 23 heavy (non-hydrogen) atoms. The zero-order chi connectivity index (χ0) is 16.4. The lowest BCUT2D eigenvalue weighted by Crippen LogP contribution is -2.44. The van der Waals surface area contributed by atoms with Crippen molar-refractivity contribution in [2.24, 2.45) is 0 Å². The maximum atomic E-state index is 12.8. The number of hydrogen-bond donors (Lipinski definition) is 1. The highest BCUT2D eigenvalue weighted by atomic mass is 16.5. The number of hydrogen-bond acceptors (Lipinski definition) is 3. The van der Waals surface area contributed by atoms with E-state index in [2.05, 4.69) is 5.32 Å². The highest BCUT2D eigenvalue weighted by molar-refractivity contribution is 6.08. The van der Waals surface area contributed by atoms with Crippen molar-refractivity contribution in [1.82, 2.24) is 10.2 Å². The van der Waals surface area contributed by atoms with Crippen LogP contribution in [-0.4, -0.2) is 57.2 Å². The molecule has 1 aromatic rings. The van der Waals surface area contributed by atoms with E-state index >= 15 is 0 Å². The molecule has 1 N–H and O–H groups in total. The summed E-state index contributed by atoms with van der Waals surface area (Å²) in [7, 11) is 3.45. The second-order valence-corrected chi connectivity index (χ2v) is 6.21. The quantitative estimate of drug-likeness (QED) is 0.853. The van der Waals surface area contributed by atoms with Gasteiger partial charge in [-0.1, -0.05) is 18.2 Å². The third-order valence-corrected chi connectivity index (χ3v) is 4.85. The number of likely N-dealkylation sites (tertiary alicyclic amines) is 1. The van der Waals surface area contributed by atoms with E-state index < -0.39 is 5.41 Å². The molecule has 2 heterocycles. The Morgan fingerprint density at radius 3 is 2.96 bits per heavy atom. The smallest absolute Gasteiger partial charge is 0.317 e. The van der Waals surface area contributed by atoms with Crippen LogP contribution in [0.4, 0.5) is 10.5 Å². The molecule has 124 valence electrons. The third kappa shape index (κ3) is 2.57. The van der Waals surface area contributed by atoms with Gasteiger partial charge in [0, 0.05) is 46.1 Å². The topological polar surface area (TPSA) is 61.9 Å². The molecule has 6 nitrogen and oxygen atoms in total. The molecule has 2 aliphatic heterocycles. The number of ether oxygens (including phenoxy) is 1. The summed E-state index contributed by atoms with van der Waals surface area (Å²) >= 11 is 0. The van der Waals surface area contributed by atoms with Gasteiger partial charge in [0.1, 0.15) is 0 Å². The maximum absolute atomic E-state index is 12.8. The van der Waals surface area contributed by atoms with Crippen molar-refractivity contribution >= 4 is 17.6 Å². The largest absolute Gasteiger partial charge is 0.385 e. The van der Waals surface area contributed by atoms with E-state index in [4.69, 9.17) is 4.74 Å². The molecular formula is C17H23N3O3. The summed E-state index contributed by atoms with van der Waals surface area (Å²) in [6.07, 6.45) is 1.46. The standard InChI is InChI=1S/C17H23N3O3/c1-19-14-7-4-3-6-13(14)17(15(19)21)8-10-20(12-17)16(22)18-9-5-11-23-2/h3-4,6-7H,5,8-12H2,1-2H3,(H,18,22)/t17-/m0/s1. The number of nitrogens with zero attached hydrogens (tertiary/aromatic N) is 2. The first-order chi connectivity index (χ1) is 11.1. The summed E-state index contributed by atoms with van der Waals surface area (Å²) in [5.41, 5.74) is 1.43. The number of benzene rings is 1. The molecule has 1 saturated heterocycles. The molecule has 0 saturated carbocycles. The van der Waals surface area contributed by atoms with E-state index in [1.165, 1.54) is 0 Å². The zero-order valence-electron chi connectivity index (χ0n) is 13.7. The number of nitrogens with one attached hydrogen (secondary N) is 1. The molecule has 1 spiro atoms. The van der Waals surface area contributed by atoms with Crippen LogP contribution in [0.25, 0.3) is 0 Å². The summed E-state index contributed by atoms with van der Waals surface area (Å²) < 4.78 is 4.98. The molecule has 0 aromatic heterocycles. The number of para-hydroxylation sites is 1. The van der Waals surface area contributed by atoms with Crippen molar-refractivity contribution in [2.45, 2.75) is 18.3 Å². The van der Waals surface area contributed by atoms with Crippen molar-refractivity contribution in [3.05, 3.63) is 29.8 Å². The molecular weight excluding hydrogens is 294 g/mol. The number of methoxy groups -OCH3 is 1. The third-order valence-electron chi connectivity index (χ3n) is 4.85. The predicted octanol–water partition coefficient (Wildman–Crippen LogP) is 1.35. The van der Waals surface area contributed by atoms with E-state index in [0.29, 0.717) is 32.7 Å². The Labute approximate surface area is 136 Å². The first-order valence-electron chi connectivity index (χ1n) is 7.99. The fraction of sp³-hybridized carbons (Fsp3) is 0.529. The number of urea groups is 1. The summed E-state index contributed by atoms with van der Waals surface area (Å²) in [6, 6.07) is 7.78. The van der Waals surface area contributed by atoms with Gasteiger partial charge in [0.15, 0.2) is 0 Å². The van der Waals surface area contributed by atoms with Gasteiger partial charge in [-0.2, -0.15) is 0 Å². The zero-order valence-corrected chi connectivity index (χ0v) is 13.7. The number of rotatable bonds is 4. The van der Waals surface area contributed by atoms with E-state index in [1.54, 1.807) is 16.9 Å². The molecule has 6 heteroatoms. The Kier molecular flexibility index (Phi) is 4.26. The number of carbonyl (C=O) groups is 2. The number of carbonyl (C=O) groups excluding carboxylic acids is 2. The molecule has 0 radical (unpaired) electrons. The first kappa shape index (κ1) is 15.8. The summed E-state index contributed by atoms with van der Waals surface area (Å²) in [6.45, 7) is 2.26. The van der Waals surface area contributed by atoms with E-state index in [0.717, 1.165) is 17.7 Å². The van der Waals surface area contributed by atoms with Crippen molar-refractivity contribution in [2.75, 3.05) is 45.3 Å². The number of amides is 3. The minimum atomic E-state index is -0.574. The van der Waals surface area contributed by atoms with Gasteiger partial charge in [0.2, 0.25) is 5.91 Å². The average molecular weight is 317 g/mol. The summed E-state index contributed by atoms with van der Waals surface area (Å²) in [5, 5.41) is 2.90. The Hall–Kier alpha value is -2.08. The molecule has 3 rings (SSSR count). The average Bonchev–Trinajstić information content (AvgIpc) is 3.10. The lowest BCUT2D eigenvalue weighted by atomic mass is 9.81. The van der Waals surface area contributed by atoms with E-state index in [1.807, 2.05) is 31.3 Å². The van der Waals surface area contributed by atoms with Gasteiger partial charge in [0.05, 0.1) is 5.41 Å². The SMILES string of the molecule is COCCCNC(=O)N1CC[C@@]2(C1)C(=O)N(C)c1ccccc12. The predicted molar refractivity (Wildman–Crippen MR) is 87.6 cm³/mol. The van der Waals surface area contributed by atoms with Crippen molar-refractivity contribution < 1.29 is 14.3 Å². The second kappa shape index (κ2) is 6.20. The van der Waals surface area contributed by atoms with Gasteiger partial charge in [-0.3, -0.25) is 4.79 Å². The Bertz CT molecular complexity index is 619. The normalized spacial score (nSPS) is 22.8. The molecule has 1 atom stereocenters. The van der Waals surface area contributed by atoms with Crippen molar-refractivity contribution in [3.8, 4) is 0 Å². The van der Waals surface area contributed by atoms with E-state index in [-0.39, 0.29) is 11.9 Å². The number of fused-ring (bicyclic) bond motifs is 2. The monoisotopic (exact) mass is 317 g/mol. The molecule has 2 aliphatic rings. The van der Waals surface area contributed by atoms with Crippen LogP contribution < -0.4 is 10.2 Å². The fourth-order valence-corrected chi connectivity index (χ4v) is 3.62. The minimum absolute atomic E-state index is 0.0911. The van der Waals surface area contributed by atoms with Crippen LogP contribution in [0.15, 0.2) is 24.3 Å². The van der Waals surface area contributed by atoms with Crippen LogP contribution in [0.3, 0.4) is 0 Å². The molecule has 0 unspecified atom stereocenters. The van der Waals surface area contributed by atoms with Gasteiger partial charge < -0.3 is 19.9 Å². The van der Waals surface area contributed by atoms with Crippen LogP contribution in [0.1, 0.15) is 18.4 Å². The van der Waals surface area contributed by atoms with Gasteiger partial charge in [-0.25, -0.2) is 4.79 Å². The highest BCUT2D eigenvalue weighted by Gasteiger charge is 2.54. The molecule has 0 bridgehead atoms. The van der Waals surface area contributed by atoms with Crippen LogP contribution in [0, 0.1) is 0 Å². The van der Waals surface area contributed by atoms with Gasteiger partial charge in [0.25, 0.3) is 0 Å². The van der Waals surface area contributed by atoms with Crippen molar-refractivity contribution in [3.63, 3.8) is 0 Å². The van der Waals surface area contributed by atoms with Crippen LogP contribution in [-0.2, 0) is 14.9 Å². The van der Waals surface area contributed by atoms with Crippen molar-refractivity contribution in [1.29, 1.82) is 0 Å². The summed E-state index contributed by atoms with van der Waals surface area (Å²) in [5.74, 6) is 0.0911. The lowest BCUT2D eigenvalue weighted by Gasteiger charge is -2.23. The lowest BCUT2D eigenvalue weighted by molar-refractivity contribution is -0.122. The Balaban J connectivity index is 1.72. The van der Waals surface area contributed by atoms with Gasteiger partial charge in [-0.05, 0) is 24.5 Å². The van der Waals surface area contributed by atoms with E-state index in [9.17, 15) is 9.59 Å². The first-order valence-corrected chi connectivity index (χ1v) is 7.99. The highest BCUT2D eigenvalue weighted by Crippen LogP contribution is 2.46. The number of anilines is 1. The Morgan fingerprint density at radius 1 is 1.39 bits per heavy atom. The second-order valence-electron chi connectivity index (χ2n) is 6.21. The van der Waals surface area contributed by atoms with Crippen LogP contribution in [0.2, 0.25) is 0 Å². The van der Waals surface area contributed by atoms with Crippen LogP contribution >= 0.6 is 0 Å². The summed E-state index contributed by atoms with van der Waals surface area (Å²) in [4.78, 5) is 28.6. The Morgan fingerprint density at radius 2 is 2.17 bits per heavy atom. The number of likely N-dealkylation sites (N-methyl/N-ethyl adjacent to an activating group) is 1. The molecule has 1 fully saturated rings. The van der Waals surface area contributed by atoms with Crippen LogP contribution in [0.5, 0.6) is 0 Å². The fourth-order valence-electron chi connectivity index (χ4n) is 3.62. The maximum Gasteiger partial charge on any atom is 0.317 e. The minimum Gasteiger partial charge on any atom is -0.385 e. The van der Waals surface area contributed by atoms with Gasteiger partial charge >= 0.3 is 6.03 Å². The molecule has 3 amide bonds. The molecule has 1 aromatic carbocycles. The van der Waals surface area contributed by atoms with Gasteiger partial charge in [-0.15, -0.1) is 0 Å². The molecule has 0 aliphatic carbocycles.